The van der Waals surface area contributed by atoms with Crippen LogP contribution in [-0.4, -0.2) is 13.2 Å². The van der Waals surface area contributed by atoms with Gasteiger partial charge in [0.15, 0.2) is 0 Å². The molecule has 0 bridgehead atoms. The topological polar surface area (TPSA) is 35.2 Å². The van der Waals surface area contributed by atoms with Crippen molar-refractivity contribution in [2.75, 3.05) is 13.2 Å². The third kappa shape index (κ3) is 3.04. The lowest BCUT2D eigenvalue weighted by molar-refractivity contribution is 0.305. The minimum atomic E-state index is 0.746. The van der Waals surface area contributed by atoms with Crippen LogP contribution in [0.5, 0.6) is 5.75 Å². The van der Waals surface area contributed by atoms with E-state index in [-0.39, 0.29) is 0 Å². The molecule has 2 N–H and O–H groups in total. The van der Waals surface area contributed by atoms with E-state index in [9.17, 15) is 0 Å². The van der Waals surface area contributed by atoms with Crippen LogP contribution in [0.25, 0.3) is 0 Å². The fraction of sp³-hybridized carbons (Fsp3) is 0.500. The van der Waals surface area contributed by atoms with E-state index in [4.69, 9.17) is 10.5 Å². The predicted molar refractivity (Wildman–Crippen MR) is 59.7 cm³/mol. The molecule has 2 heteroatoms. The van der Waals surface area contributed by atoms with E-state index in [1.807, 2.05) is 12.1 Å². The van der Waals surface area contributed by atoms with Crippen molar-refractivity contribution in [3.63, 3.8) is 0 Å². The number of aryl methyl sites for hydroxylation is 1. The fourth-order valence-electron chi connectivity index (χ4n) is 1.31. The maximum absolute atomic E-state index is 5.66. The summed E-state index contributed by atoms with van der Waals surface area (Å²) in [4.78, 5) is 0. The Morgan fingerprint density at radius 3 is 2.71 bits per heavy atom. The van der Waals surface area contributed by atoms with E-state index in [0.717, 1.165) is 31.7 Å². The van der Waals surface area contributed by atoms with Crippen LogP contribution in [0, 0.1) is 13.8 Å². The summed E-state index contributed by atoms with van der Waals surface area (Å²) in [6.07, 6.45) is 2.06. The Hall–Kier alpha value is -1.02. The number of unbranched alkanes of at least 4 members (excludes halogenated alkanes) is 1. The highest BCUT2D eigenvalue weighted by molar-refractivity contribution is 5.38. The van der Waals surface area contributed by atoms with Crippen LogP contribution >= 0.6 is 0 Å². The van der Waals surface area contributed by atoms with Crippen molar-refractivity contribution in [1.82, 2.24) is 0 Å². The number of nitrogens with two attached hydrogens (primary N) is 1. The van der Waals surface area contributed by atoms with Crippen molar-refractivity contribution in [3.8, 4) is 5.75 Å². The van der Waals surface area contributed by atoms with E-state index < -0.39 is 0 Å². The molecule has 0 fully saturated rings. The third-order valence-electron chi connectivity index (χ3n) is 2.41. The van der Waals surface area contributed by atoms with Gasteiger partial charge in [-0.3, -0.25) is 0 Å². The summed E-state index contributed by atoms with van der Waals surface area (Å²) < 4.78 is 5.66. The van der Waals surface area contributed by atoms with Crippen molar-refractivity contribution < 1.29 is 4.74 Å². The lowest BCUT2D eigenvalue weighted by Crippen LogP contribution is -2.04. The molecule has 1 rings (SSSR count). The monoisotopic (exact) mass is 193 g/mol. The quantitative estimate of drug-likeness (QED) is 0.729. The van der Waals surface area contributed by atoms with Crippen LogP contribution in [0.3, 0.4) is 0 Å². The molecule has 0 unspecified atom stereocenters. The first kappa shape index (κ1) is 11.1. The molecule has 0 saturated carbocycles. The van der Waals surface area contributed by atoms with Gasteiger partial charge in [0.2, 0.25) is 0 Å². The first-order valence-electron chi connectivity index (χ1n) is 5.15. The lowest BCUT2D eigenvalue weighted by Gasteiger charge is -2.10. The molecule has 0 spiro atoms. The van der Waals surface area contributed by atoms with Crippen LogP contribution in [-0.2, 0) is 0 Å². The van der Waals surface area contributed by atoms with Gasteiger partial charge in [-0.05, 0) is 50.4 Å². The molecule has 2 nitrogen and oxygen atoms in total. The van der Waals surface area contributed by atoms with Gasteiger partial charge in [-0.25, -0.2) is 0 Å². The van der Waals surface area contributed by atoms with Gasteiger partial charge in [-0.2, -0.15) is 0 Å². The van der Waals surface area contributed by atoms with E-state index in [1.165, 1.54) is 11.1 Å². The largest absolute Gasteiger partial charge is 0.493 e. The van der Waals surface area contributed by atoms with Crippen LogP contribution < -0.4 is 10.5 Å². The Kier molecular flexibility index (Phi) is 4.47. The van der Waals surface area contributed by atoms with Crippen molar-refractivity contribution in [2.24, 2.45) is 5.73 Å². The standard InChI is InChI=1S/C12H19NO/c1-10-6-5-7-12(11(10)2)14-9-4-3-8-13/h5-7H,3-4,8-9,13H2,1-2H3. The number of hydrogen-bond donors (Lipinski definition) is 1. The predicted octanol–water partition coefficient (Wildman–Crippen LogP) is 2.42. The average molecular weight is 193 g/mol. The van der Waals surface area contributed by atoms with E-state index in [2.05, 4.69) is 19.9 Å². The first-order valence-corrected chi connectivity index (χ1v) is 5.15. The van der Waals surface area contributed by atoms with Gasteiger partial charge in [-0.1, -0.05) is 12.1 Å². The smallest absolute Gasteiger partial charge is 0.122 e. The van der Waals surface area contributed by atoms with Gasteiger partial charge >= 0.3 is 0 Å². The maximum Gasteiger partial charge on any atom is 0.122 e. The van der Waals surface area contributed by atoms with Crippen molar-refractivity contribution in [3.05, 3.63) is 29.3 Å². The molecule has 14 heavy (non-hydrogen) atoms. The number of ether oxygens (including phenoxy) is 1. The summed E-state index contributed by atoms with van der Waals surface area (Å²) in [5.41, 5.74) is 7.92. The molecule has 0 radical (unpaired) electrons. The second kappa shape index (κ2) is 5.66. The maximum atomic E-state index is 5.66. The number of hydrogen-bond acceptors (Lipinski definition) is 2. The summed E-state index contributed by atoms with van der Waals surface area (Å²) in [6, 6.07) is 6.15. The zero-order valence-corrected chi connectivity index (χ0v) is 9.05. The Morgan fingerprint density at radius 1 is 1.21 bits per heavy atom. The van der Waals surface area contributed by atoms with E-state index >= 15 is 0 Å². The second-order valence-corrected chi connectivity index (χ2v) is 3.54. The molecule has 0 aliphatic rings. The Bertz CT molecular complexity index is 284. The summed E-state index contributed by atoms with van der Waals surface area (Å²) in [7, 11) is 0. The van der Waals surface area contributed by atoms with Gasteiger partial charge < -0.3 is 10.5 Å². The Labute approximate surface area is 86.1 Å². The molecular weight excluding hydrogens is 174 g/mol. The minimum absolute atomic E-state index is 0.746. The van der Waals surface area contributed by atoms with Crippen LogP contribution in [0.15, 0.2) is 18.2 Å². The van der Waals surface area contributed by atoms with Gasteiger partial charge in [0.05, 0.1) is 6.61 Å². The van der Waals surface area contributed by atoms with Crippen LogP contribution in [0.4, 0.5) is 0 Å². The van der Waals surface area contributed by atoms with E-state index in [0.29, 0.717) is 0 Å². The summed E-state index contributed by atoms with van der Waals surface area (Å²) in [5.74, 6) is 1.00. The molecule has 1 aromatic carbocycles. The van der Waals surface area contributed by atoms with E-state index in [1.54, 1.807) is 0 Å². The normalized spacial score (nSPS) is 10.2. The molecule has 0 aliphatic heterocycles. The fourth-order valence-corrected chi connectivity index (χ4v) is 1.31. The molecule has 78 valence electrons. The highest BCUT2D eigenvalue weighted by atomic mass is 16.5. The van der Waals surface area contributed by atoms with Gasteiger partial charge in [0, 0.05) is 0 Å². The van der Waals surface area contributed by atoms with Gasteiger partial charge in [0.25, 0.3) is 0 Å². The molecule has 0 aromatic heterocycles. The van der Waals surface area contributed by atoms with Crippen LogP contribution in [0.2, 0.25) is 0 Å². The second-order valence-electron chi connectivity index (χ2n) is 3.54. The Morgan fingerprint density at radius 2 is 2.00 bits per heavy atom. The number of rotatable bonds is 5. The summed E-state index contributed by atoms with van der Waals surface area (Å²) >= 11 is 0. The average Bonchev–Trinajstić information content (AvgIpc) is 2.19. The highest BCUT2D eigenvalue weighted by Crippen LogP contribution is 2.20. The molecule has 0 aliphatic carbocycles. The van der Waals surface area contributed by atoms with Crippen molar-refractivity contribution >= 4 is 0 Å². The molecular formula is C12H19NO. The lowest BCUT2D eigenvalue weighted by atomic mass is 10.1. The third-order valence-corrected chi connectivity index (χ3v) is 2.41. The molecule has 0 saturated heterocycles. The molecule has 0 heterocycles. The summed E-state index contributed by atoms with van der Waals surface area (Å²) in [6.45, 7) is 5.70. The molecule has 0 atom stereocenters. The number of benzene rings is 1. The minimum Gasteiger partial charge on any atom is -0.493 e. The van der Waals surface area contributed by atoms with Gasteiger partial charge in [-0.15, -0.1) is 0 Å². The first-order chi connectivity index (χ1) is 6.75. The molecule has 0 amide bonds. The highest BCUT2D eigenvalue weighted by Gasteiger charge is 2.00. The zero-order valence-electron chi connectivity index (χ0n) is 9.05. The van der Waals surface area contributed by atoms with Crippen molar-refractivity contribution in [1.29, 1.82) is 0 Å². The van der Waals surface area contributed by atoms with Crippen LogP contribution in [0.1, 0.15) is 24.0 Å². The van der Waals surface area contributed by atoms with Gasteiger partial charge in [0.1, 0.15) is 5.75 Å². The van der Waals surface area contributed by atoms with Crippen molar-refractivity contribution in [2.45, 2.75) is 26.7 Å². The Balaban J connectivity index is 2.46. The SMILES string of the molecule is Cc1cccc(OCCCCN)c1C. The summed E-state index contributed by atoms with van der Waals surface area (Å²) in [5, 5.41) is 0. The molecule has 1 aromatic rings. The zero-order chi connectivity index (χ0) is 10.4.